The molecule has 1 rings (SSSR count). The number of nitrogens with two attached hydrogens (primary N) is 1. The lowest BCUT2D eigenvalue weighted by Gasteiger charge is -2.09. The smallest absolute Gasteiger partial charge is 0.247 e. The molecule has 0 aliphatic rings. The van der Waals surface area contributed by atoms with Gasteiger partial charge in [0, 0.05) is 11.2 Å². The lowest BCUT2D eigenvalue weighted by molar-refractivity contribution is -0.120. The molecular formula is C10H14N2O3S2. The summed E-state index contributed by atoms with van der Waals surface area (Å²) < 4.78 is 22.5. The van der Waals surface area contributed by atoms with Gasteiger partial charge in [0.1, 0.15) is 0 Å². The van der Waals surface area contributed by atoms with Gasteiger partial charge in [0.05, 0.1) is 10.1 Å². The van der Waals surface area contributed by atoms with Gasteiger partial charge in [-0.3, -0.25) is 10.2 Å². The molecule has 17 heavy (non-hydrogen) atoms. The van der Waals surface area contributed by atoms with Crippen LogP contribution in [-0.2, 0) is 14.6 Å². The van der Waals surface area contributed by atoms with Crippen molar-refractivity contribution in [2.45, 2.75) is 22.0 Å². The molecule has 0 spiro atoms. The first-order chi connectivity index (χ1) is 7.84. The number of sulfone groups is 1. The van der Waals surface area contributed by atoms with Gasteiger partial charge < -0.3 is 0 Å². The van der Waals surface area contributed by atoms with Crippen LogP contribution in [0.4, 0.5) is 0 Å². The van der Waals surface area contributed by atoms with E-state index in [1.807, 2.05) is 0 Å². The molecule has 3 N–H and O–H groups in total. The highest BCUT2D eigenvalue weighted by Crippen LogP contribution is 2.24. The van der Waals surface area contributed by atoms with Crippen molar-refractivity contribution in [3.8, 4) is 0 Å². The van der Waals surface area contributed by atoms with Crippen LogP contribution in [0.2, 0.25) is 0 Å². The van der Waals surface area contributed by atoms with Crippen LogP contribution in [0.25, 0.3) is 0 Å². The number of thioether (sulfide) groups is 1. The fourth-order valence-corrected chi connectivity index (χ4v) is 2.65. The van der Waals surface area contributed by atoms with E-state index in [-0.39, 0.29) is 16.1 Å². The van der Waals surface area contributed by atoms with Crippen molar-refractivity contribution < 1.29 is 13.2 Å². The Bertz CT molecular complexity index is 497. The van der Waals surface area contributed by atoms with Gasteiger partial charge in [-0.25, -0.2) is 14.3 Å². The number of benzene rings is 1. The first-order valence-electron chi connectivity index (χ1n) is 4.82. The minimum Gasteiger partial charge on any atom is -0.293 e. The van der Waals surface area contributed by atoms with E-state index in [9.17, 15) is 13.2 Å². The highest BCUT2D eigenvalue weighted by atomic mass is 32.2. The lowest BCUT2D eigenvalue weighted by atomic mass is 10.4. The molecule has 7 heteroatoms. The first kappa shape index (κ1) is 14.0. The second-order valence-corrected chi connectivity index (χ2v) is 6.94. The molecule has 1 amide bonds. The van der Waals surface area contributed by atoms with Crippen LogP contribution < -0.4 is 11.3 Å². The monoisotopic (exact) mass is 274 g/mol. The van der Waals surface area contributed by atoms with E-state index in [0.29, 0.717) is 0 Å². The summed E-state index contributed by atoms with van der Waals surface area (Å²) in [5.41, 5.74) is 2.06. The van der Waals surface area contributed by atoms with Crippen molar-refractivity contribution >= 4 is 27.5 Å². The maximum atomic E-state index is 11.2. The number of hydrogen-bond donors (Lipinski definition) is 2. The fourth-order valence-electron chi connectivity index (χ4n) is 1.14. The molecule has 0 saturated heterocycles. The number of amides is 1. The SMILES string of the molecule is CC(Sc1ccc(S(C)(=O)=O)cc1)C(=O)NN. The van der Waals surface area contributed by atoms with Crippen LogP contribution in [0.1, 0.15) is 6.92 Å². The Balaban J connectivity index is 2.79. The zero-order valence-electron chi connectivity index (χ0n) is 9.51. The predicted octanol–water partition coefficient (Wildman–Crippen LogP) is 0.561. The number of hydrazine groups is 1. The van der Waals surface area contributed by atoms with Crippen molar-refractivity contribution in [1.82, 2.24) is 5.43 Å². The van der Waals surface area contributed by atoms with Crippen molar-refractivity contribution in [2.24, 2.45) is 5.84 Å². The van der Waals surface area contributed by atoms with Gasteiger partial charge in [0.15, 0.2) is 9.84 Å². The fraction of sp³-hybridized carbons (Fsp3) is 0.300. The average Bonchev–Trinajstić information content (AvgIpc) is 2.27. The zero-order chi connectivity index (χ0) is 13.1. The minimum atomic E-state index is -3.18. The molecule has 0 aliphatic carbocycles. The third kappa shape index (κ3) is 4.03. The Kier molecular flexibility index (Phi) is 4.55. The molecule has 0 heterocycles. The highest BCUT2D eigenvalue weighted by molar-refractivity contribution is 8.00. The molecule has 0 radical (unpaired) electrons. The van der Waals surface area contributed by atoms with Gasteiger partial charge in [-0.2, -0.15) is 0 Å². The summed E-state index contributed by atoms with van der Waals surface area (Å²) >= 11 is 1.31. The van der Waals surface area contributed by atoms with Crippen LogP contribution in [0, 0.1) is 0 Å². The van der Waals surface area contributed by atoms with Crippen molar-refractivity contribution in [1.29, 1.82) is 0 Å². The number of carbonyl (C=O) groups is 1. The van der Waals surface area contributed by atoms with Crippen molar-refractivity contribution in [3.05, 3.63) is 24.3 Å². The second-order valence-electron chi connectivity index (χ2n) is 3.51. The summed E-state index contributed by atoms with van der Waals surface area (Å²) in [5.74, 6) is 4.74. The van der Waals surface area contributed by atoms with E-state index < -0.39 is 9.84 Å². The Hall–Kier alpha value is -1.05. The number of carbonyl (C=O) groups excluding carboxylic acids is 1. The Labute approximate surface area is 105 Å². The molecule has 0 bridgehead atoms. The molecule has 1 unspecified atom stereocenters. The molecule has 1 atom stereocenters. The number of rotatable bonds is 4. The van der Waals surface area contributed by atoms with Crippen molar-refractivity contribution in [2.75, 3.05) is 6.26 Å². The summed E-state index contributed by atoms with van der Waals surface area (Å²) in [6.07, 6.45) is 1.15. The van der Waals surface area contributed by atoms with E-state index in [1.165, 1.54) is 23.9 Å². The Morgan fingerprint density at radius 2 is 1.88 bits per heavy atom. The quantitative estimate of drug-likeness (QED) is 0.362. The third-order valence-corrected chi connectivity index (χ3v) is 4.32. The maximum absolute atomic E-state index is 11.2. The second kappa shape index (κ2) is 5.52. The lowest BCUT2D eigenvalue weighted by Crippen LogP contribution is -2.36. The van der Waals surface area contributed by atoms with Gasteiger partial charge in [0.2, 0.25) is 5.91 Å². The van der Waals surface area contributed by atoms with Gasteiger partial charge in [-0.15, -0.1) is 11.8 Å². The minimum absolute atomic E-state index is 0.262. The van der Waals surface area contributed by atoms with Gasteiger partial charge in [-0.05, 0) is 31.2 Å². The molecule has 1 aromatic carbocycles. The van der Waals surface area contributed by atoms with Gasteiger partial charge in [0.25, 0.3) is 0 Å². The van der Waals surface area contributed by atoms with E-state index in [2.05, 4.69) is 5.43 Å². The van der Waals surface area contributed by atoms with Crippen molar-refractivity contribution in [3.63, 3.8) is 0 Å². The summed E-state index contributed by atoms with van der Waals surface area (Å²) in [4.78, 5) is 12.3. The van der Waals surface area contributed by atoms with Crippen LogP contribution in [0.3, 0.4) is 0 Å². The topological polar surface area (TPSA) is 89.3 Å². The number of nitrogens with one attached hydrogen (secondary N) is 1. The molecule has 0 aromatic heterocycles. The Morgan fingerprint density at radius 3 is 2.29 bits per heavy atom. The summed E-state index contributed by atoms with van der Waals surface area (Å²) in [7, 11) is -3.18. The molecule has 0 aliphatic heterocycles. The van der Waals surface area contributed by atoms with Crippen LogP contribution in [-0.4, -0.2) is 25.8 Å². The predicted molar refractivity (Wildman–Crippen MR) is 67.2 cm³/mol. The van der Waals surface area contributed by atoms with Crippen LogP contribution in [0.15, 0.2) is 34.1 Å². The van der Waals surface area contributed by atoms with Gasteiger partial charge >= 0.3 is 0 Å². The van der Waals surface area contributed by atoms with Crippen LogP contribution in [0.5, 0.6) is 0 Å². The van der Waals surface area contributed by atoms with Gasteiger partial charge in [-0.1, -0.05) is 0 Å². The van der Waals surface area contributed by atoms with E-state index >= 15 is 0 Å². The normalized spacial score (nSPS) is 13.1. The van der Waals surface area contributed by atoms with E-state index in [4.69, 9.17) is 5.84 Å². The summed E-state index contributed by atoms with van der Waals surface area (Å²) in [6, 6.07) is 6.37. The Morgan fingerprint density at radius 1 is 1.35 bits per heavy atom. The zero-order valence-corrected chi connectivity index (χ0v) is 11.1. The molecule has 5 nitrogen and oxygen atoms in total. The standard InChI is InChI=1S/C10H14N2O3S2/c1-7(10(13)12-11)16-8-3-5-9(6-4-8)17(2,14)15/h3-7H,11H2,1-2H3,(H,12,13). The molecule has 0 fully saturated rings. The third-order valence-electron chi connectivity index (χ3n) is 2.08. The maximum Gasteiger partial charge on any atom is 0.247 e. The molecule has 94 valence electrons. The highest BCUT2D eigenvalue weighted by Gasteiger charge is 2.13. The molecule has 0 saturated carbocycles. The van der Waals surface area contributed by atoms with E-state index in [1.54, 1.807) is 19.1 Å². The first-order valence-corrected chi connectivity index (χ1v) is 7.59. The summed E-state index contributed by atoms with van der Waals surface area (Å²) in [6.45, 7) is 1.72. The van der Waals surface area contributed by atoms with Crippen LogP contribution >= 0.6 is 11.8 Å². The molecule has 1 aromatic rings. The average molecular weight is 274 g/mol. The molecular weight excluding hydrogens is 260 g/mol. The van der Waals surface area contributed by atoms with E-state index in [0.717, 1.165) is 11.2 Å². The number of hydrogen-bond acceptors (Lipinski definition) is 5. The summed E-state index contributed by atoms with van der Waals surface area (Å²) in [5, 5.41) is -0.330. The largest absolute Gasteiger partial charge is 0.293 e.